The Hall–Kier alpha value is -1.56. The minimum Gasteiger partial charge on any atom is -0.322 e. The molecule has 1 amide bonds. The molecular weight excluding hydrogens is 323 g/mol. The fraction of sp³-hybridized carbons (Fsp3) is 0.154. The van der Waals surface area contributed by atoms with Crippen LogP contribution in [0, 0.1) is 0 Å². The SMILES string of the molecule is C/C=C/C=C/C(=O)Nc1ccc(Br)c(C(F)(F)F)c1. The molecule has 0 spiro atoms. The molecule has 0 saturated carbocycles. The molecule has 0 aliphatic carbocycles. The highest BCUT2D eigenvalue weighted by molar-refractivity contribution is 9.10. The van der Waals surface area contributed by atoms with Crippen LogP contribution in [0.15, 0.2) is 47.0 Å². The van der Waals surface area contributed by atoms with Gasteiger partial charge in [0.1, 0.15) is 0 Å². The van der Waals surface area contributed by atoms with Gasteiger partial charge in [0, 0.05) is 16.2 Å². The van der Waals surface area contributed by atoms with Crippen molar-refractivity contribution in [3.8, 4) is 0 Å². The lowest BCUT2D eigenvalue weighted by molar-refractivity contribution is -0.138. The number of hydrogen-bond acceptors (Lipinski definition) is 1. The van der Waals surface area contributed by atoms with E-state index >= 15 is 0 Å². The number of benzene rings is 1. The van der Waals surface area contributed by atoms with Crippen LogP contribution in [0.5, 0.6) is 0 Å². The minimum absolute atomic E-state index is 0.0672. The number of alkyl halides is 3. The van der Waals surface area contributed by atoms with Gasteiger partial charge >= 0.3 is 6.18 Å². The first-order chi connectivity index (χ1) is 8.84. The molecule has 1 aromatic carbocycles. The van der Waals surface area contributed by atoms with Crippen molar-refractivity contribution in [1.29, 1.82) is 0 Å². The van der Waals surface area contributed by atoms with E-state index in [4.69, 9.17) is 0 Å². The normalized spacial score (nSPS) is 12.3. The lowest BCUT2D eigenvalue weighted by Gasteiger charge is -2.11. The Bertz CT molecular complexity index is 521. The number of allylic oxidation sites excluding steroid dienone is 3. The van der Waals surface area contributed by atoms with Crippen LogP contribution in [0.2, 0.25) is 0 Å². The Balaban J connectivity index is 2.89. The van der Waals surface area contributed by atoms with E-state index in [0.717, 1.165) is 6.07 Å². The zero-order valence-corrected chi connectivity index (χ0v) is 11.5. The van der Waals surface area contributed by atoms with Crippen LogP contribution < -0.4 is 5.32 Å². The highest BCUT2D eigenvalue weighted by Crippen LogP contribution is 2.36. The molecule has 102 valence electrons. The maximum atomic E-state index is 12.6. The zero-order chi connectivity index (χ0) is 14.5. The van der Waals surface area contributed by atoms with E-state index in [1.807, 2.05) is 0 Å². The number of anilines is 1. The molecule has 0 unspecified atom stereocenters. The van der Waals surface area contributed by atoms with Crippen LogP contribution in [0.25, 0.3) is 0 Å². The number of rotatable bonds is 3. The van der Waals surface area contributed by atoms with E-state index < -0.39 is 17.6 Å². The fourth-order valence-electron chi connectivity index (χ4n) is 1.26. The first kappa shape index (κ1) is 15.5. The molecule has 0 heterocycles. The summed E-state index contributed by atoms with van der Waals surface area (Å²) in [5, 5.41) is 2.36. The van der Waals surface area contributed by atoms with Crippen molar-refractivity contribution in [2.24, 2.45) is 0 Å². The summed E-state index contributed by atoms with van der Waals surface area (Å²) in [6, 6.07) is 3.51. The largest absolute Gasteiger partial charge is 0.417 e. The monoisotopic (exact) mass is 333 g/mol. The quantitative estimate of drug-likeness (QED) is 0.638. The first-order valence-corrected chi connectivity index (χ1v) is 6.11. The average Bonchev–Trinajstić information content (AvgIpc) is 2.30. The molecule has 0 radical (unpaired) electrons. The molecule has 0 aliphatic rings. The van der Waals surface area contributed by atoms with Crippen molar-refractivity contribution in [2.45, 2.75) is 13.1 Å². The molecule has 0 atom stereocenters. The van der Waals surface area contributed by atoms with Crippen molar-refractivity contribution >= 4 is 27.5 Å². The molecular formula is C13H11BrF3NO. The molecule has 0 fully saturated rings. The van der Waals surface area contributed by atoms with Gasteiger partial charge in [-0.3, -0.25) is 4.79 Å². The third-order valence-corrected chi connectivity index (χ3v) is 2.78. The molecule has 0 saturated heterocycles. The number of carbonyl (C=O) groups excluding carboxylic acids is 1. The molecule has 0 aromatic heterocycles. The molecule has 2 nitrogen and oxygen atoms in total. The van der Waals surface area contributed by atoms with E-state index in [2.05, 4.69) is 21.2 Å². The van der Waals surface area contributed by atoms with Gasteiger partial charge in [0.2, 0.25) is 5.91 Å². The van der Waals surface area contributed by atoms with Gasteiger partial charge in [-0.1, -0.05) is 34.2 Å². The van der Waals surface area contributed by atoms with Crippen LogP contribution in [0.4, 0.5) is 18.9 Å². The van der Waals surface area contributed by atoms with Gasteiger partial charge in [0.05, 0.1) is 5.56 Å². The van der Waals surface area contributed by atoms with Gasteiger partial charge < -0.3 is 5.32 Å². The van der Waals surface area contributed by atoms with E-state index in [1.165, 1.54) is 24.3 Å². The predicted octanol–water partition coefficient (Wildman–Crippen LogP) is 4.54. The van der Waals surface area contributed by atoms with Crippen LogP contribution in [0.1, 0.15) is 12.5 Å². The summed E-state index contributed by atoms with van der Waals surface area (Å²) in [6.45, 7) is 1.78. The topological polar surface area (TPSA) is 29.1 Å². The van der Waals surface area contributed by atoms with E-state index in [9.17, 15) is 18.0 Å². The smallest absolute Gasteiger partial charge is 0.322 e. The van der Waals surface area contributed by atoms with E-state index in [1.54, 1.807) is 19.1 Å². The first-order valence-electron chi connectivity index (χ1n) is 5.31. The van der Waals surface area contributed by atoms with Gasteiger partial charge in [-0.15, -0.1) is 0 Å². The third kappa shape index (κ3) is 4.90. The van der Waals surface area contributed by atoms with Gasteiger partial charge in [0.15, 0.2) is 0 Å². The molecule has 1 rings (SSSR count). The van der Waals surface area contributed by atoms with Crippen molar-refractivity contribution < 1.29 is 18.0 Å². The molecule has 0 aliphatic heterocycles. The Labute approximate surface area is 117 Å². The van der Waals surface area contributed by atoms with E-state index in [-0.39, 0.29) is 10.2 Å². The summed E-state index contributed by atoms with van der Waals surface area (Å²) in [7, 11) is 0. The highest BCUT2D eigenvalue weighted by Gasteiger charge is 2.33. The fourth-order valence-corrected chi connectivity index (χ4v) is 1.73. The summed E-state index contributed by atoms with van der Waals surface area (Å²) in [6.07, 6.45) is 1.63. The van der Waals surface area contributed by atoms with Crippen molar-refractivity contribution in [3.05, 3.63) is 52.5 Å². The Morgan fingerprint density at radius 2 is 2.00 bits per heavy atom. The lowest BCUT2D eigenvalue weighted by Crippen LogP contribution is -2.11. The van der Waals surface area contributed by atoms with Gasteiger partial charge in [-0.2, -0.15) is 13.2 Å². The second kappa shape index (κ2) is 6.56. The molecule has 1 aromatic rings. The van der Waals surface area contributed by atoms with Crippen LogP contribution >= 0.6 is 15.9 Å². The summed E-state index contributed by atoms with van der Waals surface area (Å²) >= 11 is 2.83. The van der Waals surface area contributed by atoms with E-state index in [0.29, 0.717) is 0 Å². The maximum absolute atomic E-state index is 12.6. The van der Waals surface area contributed by atoms with Gasteiger partial charge in [-0.25, -0.2) is 0 Å². The second-order valence-corrected chi connectivity index (χ2v) is 4.42. The number of hydrogen-bond donors (Lipinski definition) is 1. The van der Waals surface area contributed by atoms with Crippen LogP contribution in [-0.4, -0.2) is 5.91 Å². The summed E-state index contributed by atoms with van der Waals surface area (Å²) < 4.78 is 37.9. The number of halogens is 4. The van der Waals surface area contributed by atoms with Crippen LogP contribution in [0.3, 0.4) is 0 Å². The van der Waals surface area contributed by atoms with Crippen molar-refractivity contribution in [2.75, 3.05) is 5.32 Å². The second-order valence-electron chi connectivity index (χ2n) is 3.57. The number of amides is 1. The van der Waals surface area contributed by atoms with Crippen molar-refractivity contribution in [3.63, 3.8) is 0 Å². The third-order valence-electron chi connectivity index (χ3n) is 2.09. The van der Waals surface area contributed by atoms with Gasteiger partial charge in [-0.05, 0) is 25.1 Å². The zero-order valence-electron chi connectivity index (χ0n) is 9.96. The molecule has 6 heteroatoms. The minimum atomic E-state index is -4.47. The summed E-state index contributed by atoms with van der Waals surface area (Å²) in [4.78, 5) is 11.4. The van der Waals surface area contributed by atoms with Crippen LogP contribution in [-0.2, 0) is 11.0 Å². The molecule has 0 bridgehead atoms. The average molecular weight is 334 g/mol. The highest BCUT2D eigenvalue weighted by atomic mass is 79.9. The van der Waals surface area contributed by atoms with Crippen molar-refractivity contribution in [1.82, 2.24) is 0 Å². The standard InChI is InChI=1S/C13H11BrF3NO/c1-2-3-4-5-12(19)18-9-6-7-11(14)10(8-9)13(15,16)17/h2-8H,1H3,(H,18,19)/b3-2+,5-4+. The molecule has 1 N–H and O–H groups in total. The maximum Gasteiger partial charge on any atom is 0.417 e. The Morgan fingerprint density at radius 3 is 2.58 bits per heavy atom. The lowest BCUT2D eigenvalue weighted by atomic mass is 10.2. The molecule has 19 heavy (non-hydrogen) atoms. The summed E-state index contributed by atoms with van der Waals surface area (Å²) in [5.74, 6) is -0.492. The number of nitrogens with one attached hydrogen (secondary N) is 1. The predicted molar refractivity (Wildman–Crippen MR) is 71.7 cm³/mol. The number of carbonyl (C=O) groups is 1. The summed E-state index contributed by atoms with van der Waals surface area (Å²) in [5.41, 5.74) is -0.742. The Morgan fingerprint density at radius 1 is 1.32 bits per heavy atom. The Kier molecular flexibility index (Phi) is 5.35. The van der Waals surface area contributed by atoms with Gasteiger partial charge in [0.25, 0.3) is 0 Å².